The quantitative estimate of drug-likeness (QED) is 0.0261. The van der Waals surface area contributed by atoms with E-state index in [0.29, 0.717) is 19.3 Å². The van der Waals surface area contributed by atoms with E-state index in [1.165, 1.54) is 180 Å². The highest BCUT2D eigenvalue weighted by molar-refractivity contribution is 5.71. The van der Waals surface area contributed by atoms with E-state index >= 15 is 0 Å². The van der Waals surface area contributed by atoms with Crippen LogP contribution in [0.15, 0.2) is 85.1 Å². The molecule has 0 bridgehead atoms. The van der Waals surface area contributed by atoms with E-state index in [2.05, 4.69) is 106 Å². The Balaban J connectivity index is 4.43. The normalized spacial score (nSPS) is 12.6. The van der Waals surface area contributed by atoms with E-state index in [0.717, 1.165) is 96.3 Å². The van der Waals surface area contributed by atoms with Crippen molar-refractivity contribution in [1.82, 2.24) is 0 Å². The lowest BCUT2D eigenvalue weighted by Crippen LogP contribution is -2.30. The van der Waals surface area contributed by atoms with Crippen molar-refractivity contribution in [2.75, 3.05) is 13.2 Å². The minimum absolute atomic E-state index is 0.0903. The van der Waals surface area contributed by atoms with Crippen molar-refractivity contribution in [3.8, 4) is 0 Å². The van der Waals surface area contributed by atoms with Crippen LogP contribution in [0.5, 0.6) is 0 Å². The molecule has 0 amide bonds. The molecule has 0 saturated heterocycles. The fourth-order valence-electron chi connectivity index (χ4n) is 8.98. The molecule has 0 N–H and O–H groups in total. The highest BCUT2D eigenvalue weighted by Crippen LogP contribution is 2.16. The van der Waals surface area contributed by atoms with Crippen molar-refractivity contribution < 1.29 is 28.6 Å². The number of allylic oxidation sites excluding steroid dienone is 14. The van der Waals surface area contributed by atoms with Gasteiger partial charge in [0, 0.05) is 19.3 Å². The SMILES string of the molecule is CCCCC/C=C\C/C=C\C/C=C\C/C=C\CCCCCC(=O)OC[C@H](COC(=O)CCCCCCCCC/C=C\C/C=C\CCCCC)OC(=O)CCCCCCCCCCCCC/C=C\CCCCCCCC. The standard InChI is InChI=1S/C69H120O6/c1-4-7-10-13-16-19-22-25-28-31-33-34-36-39-42-45-48-51-54-57-60-63-69(72)75-66(64-73-67(70)61-58-55-52-49-46-43-40-37-30-27-24-21-18-15-12-9-6-3)65-74-68(71)62-59-56-53-50-47-44-41-38-35-32-29-26-23-20-17-14-11-8-5-2/h17-18,20-21,25-30,35,38,44,47,66H,4-16,19,22-24,31-34,36-37,39-43,45-46,48-65H2,1-3H3/b20-17-,21-18-,28-25-,29-26-,30-27-,38-35-,47-44-/t66-/m0/s1. The second-order valence-corrected chi connectivity index (χ2v) is 21.3. The number of rotatable bonds is 58. The fourth-order valence-corrected chi connectivity index (χ4v) is 8.98. The van der Waals surface area contributed by atoms with Crippen molar-refractivity contribution in [1.29, 1.82) is 0 Å². The summed E-state index contributed by atoms with van der Waals surface area (Å²) in [5.41, 5.74) is 0. The monoisotopic (exact) mass is 1040 g/mol. The van der Waals surface area contributed by atoms with Gasteiger partial charge in [0.15, 0.2) is 6.10 Å². The molecule has 0 rings (SSSR count). The third kappa shape index (κ3) is 61.3. The molecule has 6 nitrogen and oxygen atoms in total. The Bertz CT molecular complexity index is 1430. The number of carbonyl (C=O) groups is 3. The van der Waals surface area contributed by atoms with Gasteiger partial charge in [-0.3, -0.25) is 14.4 Å². The fraction of sp³-hybridized carbons (Fsp3) is 0.754. The van der Waals surface area contributed by atoms with Gasteiger partial charge in [-0.1, -0.05) is 260 Å². The molecule has 432 valence electrons. The number of ether oxygens (including phenoxy) is 3. The van der Waals surface area contributed by atoms with Crippen LogP contribution in [0.1, 0.15) is 316 Å². The number of unbranched alkanes of at least 4 members (excludes halogenated alkanes) is 33. The molecule has 0 aromatic carbocycles. The molecule has 0 radical (unpaired) electrons. The molecule has 0 aliphatic rings. The van der Waals surface area contributed by atoms with Crippen LogP contribution in [0.2, 0.25) is 0 Å². The number of hydrogen-bond donors (Lipinski definition) is 0. The summed E-state index contributed by atoms with van der Waals surface area (Å²) < 4.78 is 16.9. The van der Waals surface area contributed by atoms with Gasteiger partial charge in [0.25, 0.3) is 0 Å². The minimum Gasteiger partial charge on any atom is -0.462 e. The van der Waals surface area contributed by atoms with E-state index in [1.807, 2.05) is 0 Å². The van der Waals surface area contributed by atoms with Crippen LogP contribution < -0.4 is 0 Å². The van der Waals surface area contributed by atoms with Gasteiger partial charge in [-0.2, -0.15) is 0 Å². The van der Waals surface area contributed by atoms with Crippen LogP contribution >= 0.6 is 0 Å². The molecule has 0 spiro atoms. The average Bonchev–Trinajstić information content (AvgIpc) is 3.41. The first kappa shape index (κ1) is 71.6. The minimum atomic E-state index is -0.795. The Kier molecular flexibility index (Phi) is 60.3. The maximum Gasteiger partial charge on any atom is 0.306 e. The van der Waals surface area contributed by atoms with Crippen LogP contribution in [0.4, 0.5) is 0 Å². The smallest absolute Gasteiger partial charge is 0.306 e. The molecule has 0 aliphatic carbocycles. The maximum atomic E-state index is 12.9. The lowest BCUT2D eigenvalue weighted by molar-refractivity contribution is -0.167. The van der Waals surface area contributed by atoms with Gasteiger partial charge >= 0.3 is 17.9 Å². The molecule has 75 heavy (non-hydrogen) atoms. The first-order valence-electron chi connectivity index (χ1n) is 32.1. The summed E-state index contributed by atoms with van der Waals surface area (Å²) in [6.07, 6.45) is 82.9. The molecular weight excluding hydrogens is 925 g/mol. The molecule has 0 aromatic heterocycles. The predicted octanol–water partition coefficient (Wildman–Crippen LogP) is 21.9. The molecule has 0 aromatic rings. The van der Waals surface area contributed by atoms with Crippen LogP contribution in [0.25, 0.3) is 0 Å². The summed E-state index contributed by atoms with van der Waals surface area (Å²) in [7, 11) is 0. The first-order valence-corrected chi connectivity index (χ1v) is 32.1. The van der Waals surface area contributed by atoms with E-state index in [-0.39, 0.29) is 31.1 Å². The molecule has 0 fully saturated rings. The van der Waals surface area contributed by atoms with Gasteiger partial charge in [0.1, 0.15) is 13.2 Å². The second kappa shape index (κ2) is 63.1. The van der Waals surface area contributed by atoms with Crippen LogP contribution in [-0.2, 0) is 28.6 Å². The van der Waals surface area contributed by atoms with Gasteiger partial charge in [-0.15, -0.1) is 0 Å². The Morgan fingerprint density at radius 2 is 0.480 bits per heavy atom. The lowest BCUT2D eigenvalue weighted by Gasteiger charge is -2.18. The van der Waals surface area contributed by atoms with Crippen LogP contribution in [-0.4, -0.2) is 37.2 Å². The average molecular weight is 1050 g/mol. The van der Waals surface area contributed by atoms with Gasteiger partial charge in [0.05, 0.1) is 0 Å². The van der Waals surface area contributed by atoms with Crippen molar-refractivity contribution in [3.05, 3.63) is 85.1 Å². The Hall–Kier alpha value is -3.41. The van der Waals surface area contributed by atoms with Gasteiger partial charge in [-0.05, 0) is 122 Å². The van der Waals surface area contributed by atoms with Crippen LogP contribution in [0.3, 0.4) is 0 Å². The Morgan fingerprint density at radius 1 is 0.267 bits per heavy atom. The maximum absolute atomic E-state index is 12.9. The molecule has 0 saturated carbocycles. The van der Waals surface area contributed by atoms with Gasteiger partial charge in [0.2, 0.25) is 0 Å². The zero-order chi connectivity index (χ0) is 54.3. The third-order valence-electron chi connectivity index (χ3n) is 13.8. The van der Waals surface area contributed by atoms with E-state index in [1.54, 1.807) is 0 Å². The Morgan fingerprint density at radius 3 is 0.800 bits per heavy atom. The highest BCUT2D eigenvalue weighted by Gasteiger charge is 2.19. The summed E-state index contributed by atoms with van der Waals surface area (Å²) in [6.45, 7) is 6.58. The largest absolute Gasteiger partial charge is 0.462 e. The van der Waals surface area contributed by atoms with Crippen molar-refractivity contribution in [2.24, 2.45) is 0 Å². The molecule has 0 unspecified atom stereocenters. The van der Waals surface area contributed by atoms with Crippen molar-refractivity contribution >= 4 is 17.9 Å². The van der Waals surface area contributed by atoms with Gasteiger partial charge < -0.3 is 14.2 Å². The summed E-state index contributed by atoms with van der Waals surface area (Å²) in [4.78, 5) is 38.3. The second-order valence-electron chi connectivity index (χ2n) is 21.3. The molecule has 1 atom stereocenters. The number of esters is 3. The topological polar surface area (TPSA) is 78.9 Å². The van der Waals surface area contributed by atoms with Gasteiger partial charge in [-0.25, -0.2) is 0 Å². The predicted molar refractivity (Wildman–Crippen MR) is 325 cm³/mol. The zero-order valence-electron chi connectivity index (χ0n) is 49.6. The molecule has 0 aliphatic heterocycles. The van der Waals surface area contributed by atoms with Crippen LogP contribution in [0, 0.1) is 0 Å². The molecule has 6 heteroatoms. The molecule has 0 heterocycles. The highest BCUT2D eigenvalue weighted by atomic mass is 16.6. The lowest BCUT2D eigenvalue weighted by atomic mass is 10.0. The van der Waals surface area contributed by atoms with E-state index < -0.39 is 6.10 Å². The number of hydrogen-bond acceptors (Lipinski definition) is 6. The summed E-state index contributed by atoms with van der Waals surface area (Å²) in [5, 5.41) is 0. The van der Waals surface area contributed by atoms with E-state index in [9.17, 15) is 14.4 Å². The zero-order valence-corrected chi connectivity index (χ0v) is 49.6. The number of carbonyl (C=O) groups excluding carboxylic acids is 3. The van der Waals surface area contributed by atoms with Crippen molar-refractivity contribution in [3.63, 3.8) is 0 Å². The summed E-state index contributed by atoms with van der Waals surface area (Å²) in [5.74, 6) is -0.918. The summed E-state index contributed by atoms with van der Waals surface area (Å²) in [6, 6.07) is 0. The first-order chi connectivity index (χ1) is 37.0. The third-order valence-corrected chi connectivity index (χ3v) is 13.8. The van der Waals surface area contributed by atoms with E-state index in [4.69, 9.17) is 14.2 Å². The molecular formula is C69H120O6. The van der Waals surface area contributed by atoms with Crippen molar-refractivity contribution in [2.45, 2.75) is 322 Å². The summed E-state index contributed by atoms with van der Waals surface area (Å²) >= 11 is 0. The Labute approximate surface area is 465 Å².